The molecule has 2 fully saturated rings. The molecule has 0 unspecified atom stereocenters. The molecule has 1 aromatic carbocycles. The molecule has 0 bridgehead atoms. The molecule has 1 N–H and O–H groups in total. The zero-order valence-corrected chi connectivity index (χ0v) is 18.8. The maximum absolute atomic E-state index is 12.6. The Kier molecular flexibility index (Phi) is 6.84. The molecule has 0 aliphatic carbocycles. The van der Waals surface area contributed by atoms with Crippen LogP contribution in [0.1, 0.15) is 16.1 Å². The van der Waals surface area contributed by atoms with Crippen molar-refractivity contribution in [3.8, 4) is 0 Å². The van der Waals surface area contributed by atoms with E-state index in [4.69, 9.17) is 4.98 Å². The van der Waals surface area contributed by atoms with Gasteiger partial charge in [0, 0.05) is 69.7 Å². The summed E-state index contributed by atoms with van der Waals surface area (Å²) >= 11 is 0. The fourth-order valence-corrected chi connectivity index (χ4v) is 3.99. The highest BCUT2D eigenvalue weighted by molar-refractivity contribution is 5.96. The standard InChI is InChI=1S/C23H31N7O2/c1-18-16-20(28-10-8-27(2)9-11-28)26-23(25-18)30-14-12-29(13-15-30)21(31)17-24-22(32)19-6-4-3-5-7-19/h3-7,16H,8-15,17H2,1-2H3,(H,24,32). The molecule has 2 aliphatic rings. The second-order valence-electron chi connectivity index (χ2n) is 8.37. The quantitative estimate of drug-likeness (QED) is 0.734. The number of hydrogen-bond donors (Lipinski definition) is 1. The number of amides is 2. The Balaban J connectivity index is 1.30. The van der Waals surface area contributed by atoms with Crippen LogP contribution in [0, 0.1) is 6.92 Å². The number of benzene rings is 1. The third-order valence-electron chi connectivity index (χ3n) is 6.01. The van der Waals surface area contributed by atoms with Gasteiger partial charge in [-0.15, -0.1) is 0 Å². The van der Waals surface area contributed by atoms with Crippen LogP contribution in [-0.4, -0.2) is 97.5 Å². The number of rotatable bonds is 5. The molecular formula is C23H31N7O2. The number of likely N-dealkylation sites (N-methyl/N-ethyl adjacent to an activating group) is 1. The Labute approximate surface area is 189 Å². The van der Waals surface area contributed by atoms with E-state index in [1.165, 1.54) is 0 Å². The lowest BCUT2D eigenvalue weighted by Crippen LogP contribution is -2.51. The fourth-order valence-electron chi connectivity index (χ4n) is 3.99. The molecule has 9 nitrogen and oxygen atoms in total. The highest BCUT2D eigenvalue weighted by Gasteiger charge is 2.24. The van der Waals surface area contributed by atoms with Crippen molar-refractivity contribution in [1.82, 2.24) is 25.1 Å². The van der Waals surface area contributed by atoms with Gasteiger partial charge in [-0.05, 0) is 26.1 Å². The molecular weight excluding hydrogens is 406 g/mol. The zero-order valence-electron chi connectivity index (χ0n) is 18.8. The van der Waals surface area contributed by atoms with E-state index in [2.05, 4.69) is 32.0 Å². The number of aromatic nitrogens is 2. The van der Waals surface area contributed by atoms with Crippen molar-refractivity contribution in [2.24, 2.45) is 0 Å². The van der Waals surface area contributed by atoms with E-state index in [9.17, 15) is 9.59 Å². The monoisotopic (exact) mass is 437 g/mol. The average Bonchev–Trinajstić information content (AvgIpc) is 2.83. The van der Waals surface area contributed by atoms with Gasteiger partial charge in [0.05, 0.1) is 6.54 Å². The summed E-state index contributed by atoms with van der Waals surface area (Å²) in [6.45, 7) is 8.49. The molecule has 2 saturated heterocycles. The molecule has 0 saturated carbocycles. The summed E-state index contributed by atoms with van der Waals surface area (Å²) in [7, 11) is 2.14. The van der Waals surface area contributed by atoms with Crippen LogP contribution in [0.4, 0.5) is 11.8 Å². The highest BCUT2D eigenvalue weighted by atomic mass is 16.2. The Hall–Kier alpha value is -3.20. The first-order valence-electron chi connectivity index (χ1n) is 11.1. The van der Waals surface area contributed by atoms with Crippen molar-refractivity contribution in [1.29, 1.82) is 0 Å². The van der Waals surface area contributed by atoms with Crippen molar-refractivity contribution in [3.63, 3.8) is 0 Å². The Morgan fingerprint density at radius 2 is 1.56 bits per heavy atom. The van der Waals surface area contributed by atoms with Crippen molar-refractivity contribution in [3.05, 3.63) is 47.7 Å². The fraction of sp³-hybridized carbons (Fsp3) is 0.478. The number of aryl methyl sites for hydroxylation is 1. The Morgan fingerprint density at radius 3 is 2.25 bits per heavy atom. The summed E-state index contributed by atoms with van der Waals surface area (Å²) in [6.07, 6.45) is 0. The summed E-state index contributed by atoms with van der Waals surface area (Å²) in [5, 5.41) is 2.72. The lowest BCUT2D eigenvalue weighted by Gasteiger charge is -2.36. The van der Waals surface area contributed by atoms with Gasteiger partial charge in [-0.2, -0.15) is 4.98 Å². The minimum absolute atomic E-state index is 0.00221. The third-order valence-corrected chi connectivity index (χ3v) is 6.01. The maximum atomic E-state index is 12.6. The summed E-state index contributed by atoms with van der Waals surface area (Å²) in [6, 6.07) is 11.0. The van der Waals surface area contributed by atoms with Gasteiger partial charge in [-0.3, -0.25) is 9.59 Å². The van der Waals surface area contributed by atoms with E-state index < -0.39 is 0 Å². The van der Waals surface area contributed by atoms with Crippen LogP contribution in [0.25, 0.3) is 0 Å². The van der Waals surface area contributed by atoms with Crippen molar-refractivity contribution in [2.45, 2.75) is 6.92 Å². The number of piperazine rings is 2. The number of anilines is 2. The van der Waals surface area contributed by atoms with Gasteiger partial charge in [0.25, 0.3) is 5.91 Å². The first-order valence-corrected chi connectivity index (χ1v) is 11.1. The molecule has 0 radical (unpaired) electrons. The molecule has 0 spiro atoms. The molecule has 2 aliphatic heterocycles. The SMILES string of the molecule is Cc1cc(N2CCN(C)CC2)nc(N2CCN(C(=O)CNC(=O)c3ccccc3)CC2)n1. The topological polar surface area (TPSA) is 84.9 Å². The van der Waals surface area contributed by atoms with Crippen LogP contribution in [0.5, 0.6) is 0 Å². The minimum atomic E-state index is -0.234. The Morgan fingerprint density at radius 1 is 0.906 bits per heavy atom. The molecule has 2 aromatic rings. The van der Waals surface area contributed by atoms with E-state index in [1.807, 2.05) is 19.1 Å². The Bertz CT molecular complexity index is 937. The van der Waals surface area contributed by atoms with Gasteiger partial charge >= 0.3 is 0 Å². The van der Waals surface area contributed by atoms with Gasteiger partial charge in [0.15, 0.2) is 0 Å². The molecule has 2 amide bonds. The van der Waals surface area contributed by atoms with E-state index in [0.717, 1.165) is 43.6 Å². The summed E-state index contributed by atoms with van der Waals surface area (Å²) in [4.78, 5) is 42.8. The van der Waals surface area contributed by atoms with Crippen LogP contribution in [0.15, 0.2) is 36.4 Å². The number of nitrogens with one attached hydrogen (secondary N) is 1. The predicted octanol–water partition coefficient (Wildman–Crippen LogP) is 0.615. The van der Waals surface area contributed by atoms with Gasteiger partial charge in [-0.1, -0.05) is 18.2 Å². The molecule has 170 valence electrons. The van der Waals surface area contributed by atoms with Gasteiger partial charge in [-0.25, -0.2) is 4.98 Å². The molecule has 3 heterocycles. The summed E-state index contributed by atoms with van der Waals surface area (Å²) in [5.41, 5.74) is 1.50. The minimum Gasteiger partial charge on any atom is -0.354 e. The summed E-state index contributed by atoms with van der Waals surface area (Å²) in [5.74, 6) is 1.39. The molecule has 1 aromatic heterocycles. The predicted molar refractivity (Wildman–Crippen MR) is 124 cm³/mol. The third kappa shape index (κ3) is 5.34. The van der Waals surface area contributed by atoms with Crippen LogP contribution in [0.3, 0.4) is 0 Å². The normalized spacial score (nSPS) is 17.4. The van der Waals surface area contributed by atoms with Gasteiger partial charge in [0.1, 0.15) is 5.82 Å². The number of carbonyl (C=O) groups excluding carboxylic acids is 2. The van der Waals surface area contributed by atoms with E-state index in [1.54, 1.807) is 29.2 Å². The second kappa shape index (κ2) is 9.95. The van der Waals surface area contributed by atoms with Crippen LogP contribution >= 0.6 is 0 Å². The maximum Gasteiger partial charge on any atom is 0.251 e. The van der Waals surface area contributed by atoms with Gasteiger partial charge in [0.2, 0.25) is 11.9 Å². The highest BCUT2D eigenvalue weighted by Crippen LogP contribution is 2.20. The van der Waals surface area contributed by atoms with Crippen LogP contribution in [-0.2, 0) is 4.79 Å². The lowest BCUT2D eigenvalue weighted by atomic mass is 10.2. The number of nitrogens with zero attached hydrogens (tertiary/aromatic N) is 6. The van der Waals surface area contributed by atoms with E-state index in [0.29, 0.717) is 31.7 Å². The molecule has 9 heteroatoms. The van der Waals surface area contributed by atoms with Crippen molar-refractivity contribution >= 4 is 23.6 Å². The largest absolute Gasteiger partial charge is 0.354 e. The van der Waals surface area contributed by atoms with Crippen molar-refractivity contribution in [2.75, 3.05) is 75.8 Å². The van der Waals surface area contributed by atoms with Gasteiger partial charge < -0.3 is 24.9 Å². The van der Waals surface area contributed by atoms with Crippen LogP contribution < -0.4 is 15.1 Å². The molecule has 4 rings (SSSR count). The van der Waals surface area contributed by atoms with E-state index >= 15 is 0 Å². The molecule has 0 atom stereocenters. The smallest absolute Gasteiger partial charge is 0.251 e. The summed E-state index contributed by atoms with van der Waals surface area (Å²) < 4.78 is 0. The lowest BCUT2D eigenvalue weighted by molar-refractivity contribution is -0.130. The number of carbonyl (C=O) groups is 2. The first-order chi connectivity index (χ1) is 15.5. The van der Waals surface area contributed by atoms with Crippen molar-refractivity contribution < 1.29 is 9.59 Å². The number of hydrogen-bond acceptors (Lipinski definition) is 7. The van der Waals surface area contributed by atoms with Crippen LogP contribution in [0.2, 0.25) is 0 Å². The van der Waals surface area contributed by atoms with E-state index in [-0.39, 0.29) is 18.4 Å². The first kappa shape index (κ1) is 22.0. The molecule has 32 heavy (non-hydrogen) atoms. The zero-order chi connectivity index (χ0) is 22.5. The second-order valence-corrected chi connectivity index (χ2v) is 8.37. The average molecular weight is 438 g/mol.